The van der Waals surface area contributed by atoms with Crippen molar-refractivity contribution in [2.45, 2.75) is 44.2 Å². The second-order valence-corrected chi connectivity index (χ2v) is 8.09. The van der Waals surface area contributed by atoms with Gasteiger partial charge in [0.1, 0.15) is 5.75 Å². The standard InChI is InChI=1S/C23H30N2O3/c1-27-20-6-5-16-3-2-4-18(21(16)15-20)13-23(26)25-10-7-17(8-11-25)22-14-19(24)9-12-28-22/h2-6,15,17,19,22H,7-14,24H2,1H3/t19-,22+/m0/s1. The second-order valence-electron chi connectivity index (χ2n) is 8.09. The summed E-state index contributed by atoms with van der Waals surface area (Å²) in [4.78, 5) is 15.0. The van der Waals surface area contributed by atoms with Crippen molar-refractivity contribution in [2.75, 3.05) is 26.8 Å². The van der Waals surface area contributed by atoms with Gasteiger partial charge in [0.25, 0.3) is 0 Å². The molecule has 0 saturated carbocycles. The quantitative estimate of drug-likeness (QED) is 0.882. The van der Waals surface area contributed by atoms with E-state index in [0.29, 0.717) is 12.3 Å². The Labute approximate surface area is 166 Å². The molecule has 5 heteroatoms. The van der Waals surface area contributed by atoms with Crippen LogP contribution in [0.15, 0.2) is 36.4 Å². The van der Waals surface area contributed by atoms with Crippen molar-refractivity contribution in [1.29, 1.82) is 0 Å². The number of likely N-dealkylation sites (tertiary alicyclic amines) is 1. The lowest BCUT2D eigenvalue weighted by atomic mass is 9.86. The maximum atomic E-state index is 12.9. The molecule has 2 fully saturated rings. The number of carbonyl (C=O) groups excluding carboxylic acids is 1. The number of amides is 1. The first-order valence-electron chi connectivity index (χ1n) is 10.3. The number of hydrogen-bond donors (Lipinski definition) is 1. The highest BCUT2D eigenvalue weighted by Gasteiger charge is 2.32. The molecule has 0 aromatic heterocycles. The van der Waals surface area contributed by atoms with Gasteiger partial charge in [-0.05, 0) is 60.1 Å². The van der Waals surface area contributed by atoms with Gasteiger partial charge in [0.15, 0.2) is 0 Å². The van der Waals surface area contributed by atoms with Crippen LogP contribution in [0.2, 0.25) is 0 Å². The zero-order valence-electron chi connectivity index (χ0n) is 16.6. The fourth-order valence-electron chi connectivity index (χ4n) is 4.58. The molecule has 2 aliphatic rings. The third-order valence-electron chi connectivity index (χ3n) is 6.30. The van der Waals surface area contributed by atoms with E-state index in [4.69, 9.17) is 15.2 Å². The summed E-state index contributed by atoms with van der Waals surface area (Å²) >= 11 is 0. The first kappa shape index (κ1) is 19.2. The minimum absolute atomic E-state index is 0.204. The summed E-state index contributed by atoms with van der Waals surface area (Å²) in [6, 6.07) is 12.4. The van der Waals surface area contributed by atoms with Gasteiger partial charge in [0.05, 0.1) is 19.6 Å². The summed E-state index contributed by atoms with van der Waals surface area (Å²) in [5, 5.41) is 2.23. The molecule has 5 nitrogen and oxygen atoms in total. The van der Waals surface area contributed by atoms with Crippen molar-refractivity contribution in [3.05, 3.63) is 42.0 Å². The summed E-state index contributed by atoms with van der Waals surface area (Å²) in [6.45, 7) is 2.40. The molecule has 2 atom stereocenters. The molecule has 28 heavy (non-hydrogen) atoms. The van der Waals surface area contributed by atoms with Crippen LogP contribution in [-0.4, -0.2) is 49.8 Å². The van der Waals surface area contributed by atoms with Gasteiger partial charge in [-0.1, -0.05) is 24.3 Å². The number of fused-ring (bicyclic) bond motifs is 1. The van der Waals surface area contributed by atoms with E-state index in [1.807, 2.05) is 35.2 Å². The maximum absolute atomic E-state index is 12.9. The van der Waals surface area contributed by atoms with Crippen molar-refractivity contribution >= 4 is 16.7 Å². The summed E-state index contributed by atoms with van der Waals surface area (Å²) in [6.07, 6.45) is 4.63. The van der Waals surface area contributed by atoms with Gasteiger partial charge in [-0.2, -0.15) is 0 Å². The van der Waals surface area contributed by atoms with Crippen molar-refractivity contribution in [3.8, 4) is 5.75 Å². The number of carbonyl (C=O) groups is 1. The molecule has 2 heterocycles. The number of nitrogens with zero attached hydrogens (tertiary/aromatic N) is 1. The number of hydrogen-bond acceptors (Lipinski definition) is 4. The van der Waals surface area contributed by atoms with E-state index in [2.05, 4.69) is 6.07 Å². The number of nitrogens with two attached hydrogens (primary N) is 1. The highest BCUT2D eigenvalue weighted by atomic mass is 16.5. The Bertz CT molecular complexity index is 830. The van der Waals surface area contributed by atoms with E-state index in [-0.39, 0.29) is 18.1 Å². The first-order chi connectivity index (χ1) is 13.6. The van der Waals surface area contributed by atoms with Crippen molar-refractivity contribution in [2.24, 2.45) is 11.7 Å². The number of rotatable bonds is 4. The van der Waals surface area contributed by atoms with Gasteiger partial charge in [0, 0.05) is 25.7 Å². The topological polar surface area (TPSA) is 64.8 Å². The fraction of sp³-hybridized carbons (Fsp3) is 0.522. The number of methoxy groups -OCH3 is 1. The lowest BCUT2D eigenvalue weighted by Gasteiger charge is -2.38. The monoisotopic (exact) mass is 382 g/mol. The Morgan fingerprint density at radius 2 is 2.04 bits per heavy atom. The lowest BCUT2D eigenvalue weighted by Crippen LogP contribution is -2.45. The predicted molar refractivity (Wildman–Crippen MR) is 110 cm³/mol. The van der Waals surface area contributed by atoms with E-state index in [9.17, 15) is 4.79 Å². The largest absolute Gasteiger partial charge is 0.497 e. The SMILES string of the molecule is COc1ccc2cccc(CC(=O)N3CCC([C@H]4C[C@@H](N)CCO4)CC3)c2c1. The predicted octanol–water partition coefficient (Wildman–Crippen LogP) is 3.14. The van der Waals surface area contributed by atoms with Crippen LogP contribution in [0.3, 0.4) is 0 Å². The van der Waals surface area contributed by atoms with Gasteiger partial charge >= 0.3 is 0 Å². The van der Waals surface area contributed by atoms with Crippen molar-refractivity contribution in [1.82, 2.24) is 4.90 Å². The minimum Gasteiger partial charge on any atom is -0.497 e. The summed E-state index contributed by atoms with van der Waals surface area (Å²) < 4.78 is 11.3. The van der Waals surface area contributed by atoms with Crippen molar-refractivity contribution in [3.63, 3.8) is 0 Å². The van der Waals surface area contributed by atoms with Gasteiger partial charge in [-0.25, -0.2) is 0 Å². The molecule has 2 aliphatic heterocycles. The third-order valence-corrected chi connectivity index (χ3v) is 6.30. The van der Waals surface area contributed by atoms with Crippen LogP contribution in [-0.2, 0) is 16.0 Å². The number of piperidine rings is 1. The zero-order chi connectivity index (χ0) is 19.5. The van der Waals surface area contributed by atoms with E-state index in [0.717, 1.165) is 67.5 Å². The smallest absolute Gasteiger partial charge is 0.227 e. The normalized spacial score (nSPS) is 23.7. The highest BCUT2D eigenvalue weighted by molar-refractivity contribution is 5.91. The molecule has 2 aromatic rings. The van der Waals surface area contributed by atoms with E-state index >= 15 is 0 Å². The average Bonchev–Trinajstić information content (AvgIpc) is 2.74. The van der Waals surface area contributed by atoms with Crippen LogP contribution in [0.4, 0.5) is 0 Å². The van der Waals surface area contributed by atoms with Crippen LogP contribution in [0, 0.1) is 5.92 Å². The average molecular weight is 383 g/mol. The van der Waals surface area contributed by atoms with E-state index in [1.165, 1.54) is 0 Å². The Hall–Kier alpha value is -2.11. The Kier molecular flexibility index (Phi) is 5.83. The summed E-state index contributed by atoms with van der Waals surface area (Å²) in [5.41, 5.74) is 7.17. The maximum Gasteiger partial charge on any atom is 0.227 e. The van der Waals surface area contributed by atoms with Crippen LogP contribution >= 0.6 is 0 Å². The van der Waals surface area contributed by atoms with Gasteiger partial charge in [-0.3, -0.25) is 4.79 Å². The molecule has 0 unspecified atom stereocenters. The van der Waals surface area contributed by atoms with Gasteiger partial charge < -0.3 is 20.1 Å². The molecule has 2 aromatic carbocycles. The molecular formula is C23H30N2O3. The fourth-order valence-corrected chi connectivity index (χ4v) is 4.58. The van der Waals surface area contributed by atoms with Crippen LogP contribution in [0.25, 0.3) is 10.8 Å². The summed E-state index contributed by atoms with van der Waals surface area (Å²) in [7, 11) is 1.67. The zero-order valence-corrected chi connectivity index (χ0v) is 16.6. The molecule has 2 N–H and O–H groups in total. The lowest BCUT2D eigenvalue weighted by molar-refractivity contribution is -0.133. The molecule has 0 aliphatic carbocycles. The molecule has 150 valence electrons. The Morgan fingerprint density at radius 1 is 1.21 bits per heavy atom. The molecule has 1 amide bonds. The van der Waals surface area contributed by atoms with Crippen LogP contribution in [0.1, 0.15) is 31.2 Å². The Balaban J connectivity index is 1.39. The van der Waals surface area contributed by atoms with Crippen LogP contribution < -0.4 is 10.5 Å². The first-order valence-corrected chi connectivity index (χ1v) is 10.3. The Morgan fingerprint density at radius 3 is 2.79 bits per heavy atom. The molecule has 0 spiro atoms. The van der Waals surface area contributed by atoms with Crippen LogP contribution in [0.5, 0.6) is 5.75 Å². The second kappa shape index (κ2) is 8.50. The number of benzene rings is 2. The minimum atomic E-state index is 0.204. The molecule has 0 bridgehead atoms. The third kappa shape index (κ3) is 4.15. The van der Waals surface area contributed by atoms with E-state index < -0.39 is 0 Å². The van der Waals surface area contributed by atoms with E-state index in [1.54, 1.807) is 7.11 Å². The molecule has 2 saturated heterocycles. The molecule has 4 rings (SSSR count). The number of ether oxygens (including phenoxy) is 2. The summed E-state index contributed by atoms with van der Waals surface area (Å²) in [5.74, 6) is 1.55. The molecular weight excluding hydrogens is 352 g/mol. The highest BCUT2D eigenvalue weighted by Crippen LogP contribution is 2.29. The van der Waals surface area contributed by atoms with Crippen molar-refractivity contribution < 1.29 is 14.3 Å². The molecule has 0 radical (unpaired) electrons. The van der Waals surface area contributed by atoms with Gasteiger partial charge in [-0.15, -0.1) is 0 Å². The van der Waals surface area contributed by atoms with Gasteiger partial charge in [0.2, 0.25) is 5.91 Å².